The van der Waals surface area contributed by atoms with Crippen LogP contribution in [-0.4, -0.2) is 27.5 Å². The number of carbonyl (C=O) groups is 1. The van der Waals surface area contributed by atoms with Crippen LogP contribution in [0.4, 0.5) is 0 Å². The highest BCUT2D eigenvalue weighted by Crippen LogP contribution is 2.19. The minimum atomic E-state index is -0.0779. The summed E-state index contributed by atoms with van der Waals surface area (Å²) in [5.74, 6) is 0.504. The van der Waals surface area contributed by atoms with Gasteiger partial charge in [-0.2, -0.15) is 10.2 Å². The topological polar surface area (TPSA) is 54.9 Å². The average Bonchev–Trinajstić information content (AvgIpc) is 2.40. The number of nitrogens with one attached hydrogen (secondary N) is 1. The molecule has 0 saturated heterocycles. The minimum absolute atomic E-state index is 0.0779. The van der Waals surface area contributed by atoms with E-state index in [1.165, 1.54) is 0 Å². The van der Waals surface area contributed by atoms with Crippen molar-refractivity contribution in [3.8, 4) is 0 Å². The smallest absolute Gasteiger partial charge is 0.253 e. The molecule has 0 bridgehead atoms. The molecule has 0 aromatic carbocycles. The number of rotatable bonds is 6. The molecule has 0 spiro atoms. The van der Waals surface area contributed by atoms with E-state index in [4.69, 9.17) is 0 Å². The van der Waals surface area contributed by atoms with Gasteiger partial charge in [-0.15, -0.1) is 0 Å². The molecule has 5 heteroatoms. The SMILES string of the molecule is CCC(CC)C(Br)CNC(=O)c1cc(C)nnc1C. The van der Waals surface area contributed by atoms with E-state index in [0.717, 1.165) is 18.5 Å². The number of alkyl halides is 1. The van der Waals surface area contributed by atoms with Gasteiger partial charge in [0.1, 0.15) is 0 Å². The van der Waals surface area contributed by atoms with Crippen molar-refractivity contribution in [2.24, 2.45) is 5.92 Å². The van der Waals surface area contributed by atoms with Crippen LogP contribution in [0.3, 0.4) is 0 Å². The van der Waals surface area contributed by atoms with Gasteiger partial charge in [0.15, 0.2) is 0 Å². The second-order valence-electron chi connectivity index (χ2n) is 4.79. The molecule has 1 rings (SSSR count). The highest BCUT2D eigenvalue weighted by Gasteiger charge is 2.17. The Kier molecular flexibility index (Phi) is 6.42. The Labute approximate surface area is 123 Å². The highest BCUT2D eigenvalue weighted by atomic mass is 79.9. The molecule has 0 radical (unpaired) electrons. The third-order valence-corrected chi connectivity index (χ3v) is 4.43. The Morgan fingerprint density at radius 1 is 1.32 bits per heavy atom. The first-order valence-corrected chi connectivity index (χ1v) is 7.64. The highest BCUT2D eigenvalue weighted by molar-refractivity contribution is 9.09. The summed E-state index contributed by atoms with van der Waals surface area (Å²) >= 11 is 3.66. The molecule has 4 nitrogen and oxygen atoms in total. The summed E-state index contributed by atoms with van der Waals surface area (Å²) in [6.45, 7) is 8.61. The summed E-state index contributed by atoms with van der Waals surface area (Å²) in [6, 6.07) is 1.78. The van der Waals surface area contributed by atoms with Gasteiger partial charge in [0.05, 0.1) is 17.0 Å². The lowest BCUT2D eigenvalue weighted by molar-refractivity contribution is 0.0950. The fraction of sp³-hybridized carbons (Fsp3) is 0.643. The van der Waals surface area contributed by atoms with Gasteiger partial charge in [-0.05, 0) is 25.8 Å². The zero-order valence-corrected chi connectivity index (χ0v) is 13.6. The third kappa shape index (κ3) is 4.56. The van der Waals surface area contributed by atoms with Gasteiger partial charge >= 0.3 is 0 Å². The molecule has 19 heavy (non-hydrogen) atoms. The molecular formula is C14H22BrN3O. The molecule has 0 fully saturated rings. The second kappa shape index (κ2) is 7.58. The molecule has 1 unspecified atom stereocenters. The molecule has 1 atom stereocenters. The molecule has 0 aliphatic heterocycles. The number of nitrogens with zero attached hydrogens (tertiary/aromatic N) is 2. The van der Waals surface area contributed by atoms with Crippen molar-refractivity contribution in [1.29, 1.82) is 0 Å². The van der Waals surface area contributed by atoms with E-state index in [2.05, 4.69) is 45.3 Å². The lowest BCUT2D eigenvalue weighted by Crippen LogP contribution is -2.33. The van der Waals surface area contributed by atoms with Crippen molar-refractivity contribution < 1.29 is 4.79 Å². The molecule has 0 saturated carbocycles. The molecule has 1 aromatic heterocycles. The summed E-state index contributed by atoms with van der Waals surface area (Å²) in [6.07, 6.45) is 2.22. The second-order valence-corrected chi connectivity index (χ2v) is 5.96. The van der Waals surface area contributed by atoms with Crippen LogP contribution >= 0.6 is 15.9 Å². The first kappa shape index (κ1) is 16.1. The van der Waals surface area contributed by atoms with Crippen molar-refractivity contribution in [3.63, 3.8) is 0 Å². The average molecular weight is 328 g/mol. The Morgan fingerprint density at radius 2 is 1.95 bits per heavy atom. The van der Waals surface area contributed by atoms with Gasteiger partial charge in [0.25, 0.3) is 5.91 Å². The van der Waals surface area contributed by atoms with Gasteiger partial charge in [-0.3, -0.25) is 4.79 Å². The molecule has 1 N–H and O–H groups in total. The van der Waals surface area contributed by atoms with Crippen molar-refractivity contribution in [2.45, 2.75) is 45.4 Å². The summed E-state index contributed by atoms with van der Waals surface area (Å²) in [5.41, 5.74) is 2.03. The fourth-order valence-corrected chi connectivity index (χ4v) is 2.94. The monoisotopic (exact) mass is 327 g/mol. The van der Waals surface area contributed by atoms with Crippen LogP contribution in [0.25, 0.3) is 0 Å². The number of carbonyl (C=O) groups excluding carboxylic acids is 1. The van der Waals surface area contributed by atoms with E-state index >= 15 is 0 Å². The Morgan fingerprint density at radius 3 is 2.53 bits per heavy atom. The number of aromatic nitrogens is 2. The number of halogens is 1. The minimum Gasteiger partial charge on any atom is -0.351 e. The summed E-state index contributed by atoms with van der Waals surface area (Å²) in [5, 5.41) is 10.9. The van der Waals surface area contributed by atoms with Crippen LogP contribution in [0.1, 0.15) is 48.4 Å². The van der Waals surface area contributed by atoms with Gasteiger partial charge in [0.2, 0.25) is 0 Å². The van der Waals surface area contributed by atoms with Gasteiger partial charge in [0, 0.05) is 11.4 Å². The van der Waals surface area contributed by atoms with E-state index in [1.807, 2.05) is 6.92 Å². The van der Waals surface area contributed by atoms with E-state index in [-0.39, 0.29) is 5.91 Å². The third-order valence-electron chi connectivity index (χ3n) is 3.36. The van der Waals surface area contributed by atoms with E-state index in [1.54, 1.807) is 13.0 Å². The maximum Gasteiger partial charge on any atom is 0.253 e. The quantitative estimate of drug-likeness (QED) is 0.817. The van der Waals surface area contributed by atoms with Crippen molar-refractivity contribution >= 4 is 21.8 Å². The molecule has 1 aromatic rings. The largest absolute Gasteiger partial charge is 0.351 e. The zero-order chi connectivity index (χ0) is 14.4. The Hall–Kier alpha value is -0.970. The van der Waals surface area contributed by atoms with Crippen molar-refractivity contribution in [3.05, 3.63) is 23.0 Å². The van der Waals surface area contributed by atoms with Gasteiger partial charge in [-0.1, -0.05) is 42.6 Å². The van der Waals surface area contributed by atoms with Gasteiger partial charge in [-0.25, -0.2) is 0 Å². The maximum atomic E-state index is 12.1. The summed E-state index contributed by atoms with van der Waals surface area (Å²) in [4.78, 5) is 12.4. The number of amides is 1. The summed E-state index contributed by atoms with van der Waals surface area (Å²) in [7, 11) is 0. The van der Waals surface area contributed by atoms with Crippen LogP contribution in [0, 0.1) is 19.8 Å². The maximum absolute atomic E-state index is 12.1. The summed E-state index contributed by atoms with van der Waals surface area (Å²) < 4.78 is 0. The Bertz CT molecular complexity index is 433. The van der Waals surface area contributed by atoms with Crippen LogP contribution < -0.4 is 5.32 Å². The van der Waals surface area contributed by atoms with Crippen molar-refractivity contribution in [2.75, 3.05) is 6.54 Å². The fourth-order valence-electron chi connectivity index (χ4n) is 2.03. The molecule has 106 valence electrons. The van der Waals surface area contributed by atoms with Crippen LogP contribution in [0.2, 0.25) is 0 Å². The molecule has 1 amide bonds. The van der Waals surface area contributed by atoms with Crippen molar-refractivity contribution in [1.82, 2.24) is 15.5 Å². The van der Waals surface area contributed by atoms with E-state index in [9.17, 15) is 4.79 Å². The number of hydrogen-bond donors (Lipinski definition) is 1. The van der Waals surface area contributed by atoms with E-state index < -0.39 is 0 Å². The predicted molar refractivity (Wildman–Crippen MR) is 80.6 cm³/mol. The van der Waals surface area contributed by atoms with Crippen LogP contribution in [0.5, 0.6) is 0 Å². The molecule has 0 aliphatic rings. The number of aryl methyl sites for hydroxylation is 2. The first-order chi connectivity index (χ1) is 8.99. The standard InChI is InChI=1S/C14H22BrN3O/c1-5-11(6-2)13(15)8-16-14(19)12-7-9(3)17-18-10(12)4/h7,11,13H,5-6,8H2,1-4H3,(H,16,19). The van der Waals surface area contributed by atoms with Crippen LogP contribution in [0.15, 0.2) is 6.07 Å². The Balaban J connectivity index is 2.63. The lowest BCUT2D eigenvalue weighted by Gasteiger charge is -2.20. The normalized spacial score (nSPS) is 12.5. The molecular weight excluding hydrogens is 306 g/mol. The lowest BCUT2D eigenvalue weighted by atomic mass is 9.99. The molecule has 0 aliphatic carbocycles. The predicted octanol–water partition coefficient (Wildman–Crippen LogP) is 3.02. The number of hydrogen-bond acceptors (Lipinski definition) is 3. The molecule has 1 heterocycles. The van der Waals surface area contributed by atoms with E-state index in [0.29, 0.717) is 28.5 Å². The van der Waals surface area contributed by atoms with Gasteiger partial charge < -0.3 is 5.32 Å². The van der Waals surface area contributed by atoms with Crippen LogP contribution in [-0.2, 0) is 0 Å². The first-order valence-electron chi connectivity index (χ1n) is 6.72. The zero-order valence-electron chi connectivity index (χ0n) is 12.0.